The number of nitrogens with one attached hydrogen (secondary N) is 1. The molecule has 0 aromatic heterocycles. The van der Waals surface area contributed by atoms with Gasteiger partial charge in [0.05, 0.1) is 11.9 Å². The van der Waals surface area contributed by atoms with Crippen LogP contribution in [0.4, 0.5) is 5.69 Å². The maximum atomic E-state index is 13.6. The first-order valence-corrected chi connectivity index (χ1v) is 13.4. The third kappa shape index (κ3) is 7.46. The van der Waals surface area contributed by atoms with Gasteiger partial charge < -0.3 is 10.2 Å². The Morgan fingerprint density at radius 2 is 1.76 bits per heavy atom. The van der Waals surface area contributed by atoms with Gasteiger partial charge in [-0.25, -0.2) is 8.42 Å². The van der Waals surface area contributed by atoms with E-state index in [1.807, 2.05) is 58.9 Å². The largest absolute Gasteiger partial charge is 0.352 e. The molecular formula is C25H34ClN3O4S. The third-order valence-electron chi connectivity index (χ3n) is 5.37. The second kappa shape index (κ2) is 11.7. The number of nitrogens with zero attached hydrogens (tertiary/aromatic N) is 2. The molecule has 7 nitrogen and oxygen atoms in total. The van der Waals surface area contributed by atoms with E-state index in [1.165, 1.54) is 11.0 Å². The highest BCUT2D eigenvalue weighted by Gasteiger charge is 2.32. The predicted molar refractivity (Wildman–Crippen MR) is 137 cm³/mol. The van der Waals surface area contributed by atoms with Gasteiger partial charge in [0, 0.05) is 17.6 Å². The number of hydrogen-bond acceptors (Lipinski definition) is 4. The highest BCUT2D eigenvalue weighted by Crippen LogP contribution is 2.25. The fourth-order valence-corrected chi connectivity index (χ4v) is 4.67. The molecule has 0 heterocycles. The van der Waals surface area contributed by atoms with Gasteiger partial charge in [0.15, 0.2) is 0 Å². The summed E-state index contributed by atoms with van der Waals surface area (Å²) >= 11 is 6.22. The second-order valence-corrected chi connectivity index (χ2v) is 11.1. The van der Waals surface area contributed by atoms with E-state index in [0.717, 1.165) is 27.3 Å². The van der Waals surface area contributed by atoms with E-state index in [0.29, 0.717) is 17.1 Å². The Morgan fingerprint density at radius 3 is 2.29 bits per heavy atom. The van der Waals surface area contributed by atoms with Crippen LogP contribution in [0.5, 0.6) is 0 Å². The van der Waals surface area contributed by atoms with Crippen LogP contribution in [0.15, 0.2) is 42.5 Å². The fraction of sp³-hybridized carbons (Fsp3) is 0.440. The van der Waals surface area contributed by atoms with Gasteiger partial charge in [-0.05, 0) is 57.4 Å². The van der Waals surface area contributed by atoms with Gasteiger partial charge in [-0.2, -0.15) is 0 Å². The molecule has 0 aliphatic carbocycles. The zero-order valence-corrected chi connectivity index (χ0v) is 22.2. The first-order chi connectivity index (χ1) is 15.8. The Bertz CT molecular complexity index is 1130. The molecule has 2 aromatic carbocycles. The lowest BCUT2D eigenvalue weighted by Crippen LogP contribution is -2.53. The van der Waals surface area contributed by atoms with Crippen molar-refractivity contribution < 1.29 is 18.0 Å². The molecule has 0 fully saturated rings. The fourth-order valence-electron chi connectivity index (χ4n) is 3.66. The smallest absolute Gasteiger partial charge is 0.244 e. The van der Waals surface area contributed by atoms with Crippen molar-refractivity contribution in [3.63, 3.8) is 0 Å². The Kier molecular flexibility index (Phi) is 9.53. The van der Waals surface area contributed by atoms with Gasteiger partial charge in [-0.3, -0.25) is 13.9 Å². The summed E-state index contributed by atoms with van der Waals surface area (Å²) in [7, 11) is -3.80. The monoisotopic (exact) mass is 507 g/mol. The van der Waals surface area contributed by atoms with Crippen molar-refractivity contribution in [3.05, 3.63) is 64.2 Å². The Labute approximate surface area is 208 Å². The van der Waals surface area contributed by atoms with Crippen LogP contribution in [0.25, 0.3) is 0 Å². The van der Waals surface area contributed by atoms with Gasteiger partial charge in [-0.15, -0.1) is 0 Å². The van der Waals surface area contributed by atoms with Crippen molar-refractivity contribution in [2.75, 3.05) is 17.1 Å². The van der Waals surface area contributed by atoms with Crippen molar-refractivity contribution in [1.29, 1.82) is 0 Å². The van der Waals surface area contributed by atoms with Gasteiger partial charge in [0.1, 0.15) is 12.6 Å². The Morgan fingerprint density at radius 1 is 1.09 bits per heavy atom. The van der Waals surface area contributed by atoms with Gasteiger partial charge in [0.2, 0.25) is 21.8 Å². The van der Waals surface area contributed by atoms with Crippen LogP contribution in [-0.2, 0) is 26.2 Å². The number of carbonyl (C=O) groups is 2. The van der Waals surface area contributed by atoms with E-state index < -0.39 is 28.5 Å². The van der Waals surface area contributed by atoms with Crippen LogP contribution in [-0.4, -0.2) is 50.0 Å². The number of sulfonamides is 1. The summed E-state index contributed by atoms with van der Waals surface area (Å²) in [4.78, 5) is 28.0. The third-order valence-corrected chi connectivity index (χ3v) is 6.92. The van der Waals surface area contributed by atoms with E-state index in [9.17, 15) is 18.0 Å². The van der Waals surface area contributed by atoms with Gasteiger partial charge in [-0.1, -0.05) is 54.4 Å². The van der Waals surface area contributed by atoms with Crippen molar-refractivity contribution in [1.82, 2.24) is 10.2 Å². The number of benzene rings is 2. The van der Waals surface area contributed by atoms with Crippen LogP contribution in [0.1, 0.15) is 43.9 Å². The van der Waals surface area contributed by atoms with Crippen LogP contribution < -0.4 is 9.62 Å². The first kappa shape index (κ1) is 27.7. The molecule has 0 bridgehead atoms. The molecule has 0 spiro atoms. The van der Waals surface area contributed by atoms with Crippen LogP contribution in [0.2, 0.25) is 5.02 Å². The molecule has 186 valence electrons. The normalized spacial score (nSPS) is 12.4. The molecule has 0 unspecified atom stereocenters. The molecule has 1 atom stereocenters. The number of hydrogen-bond donors (Lipinski definition) is 1. The second-order valence-electron chi connectivity index (χ2n) is 8.80. The standard InChI is InChI=1S/C25H34ClN3O4S/c1-7-23(25(31)27-17(2)3)28(15-20-10-8-9-18(4)13-20)24(30)16-29(34(6,32)33)21-12-11-19(5)22(26)14-21/h8-14,17,23H,7,15-16H2,1-6H3,(H,27,31)/t23-/m1/s1. The van der Waals surface area contributed by atoms with Crippen molar-refractivity contribution in [2.24, 2.45) is 0 Å². The number of anilines is 1. The summed E-state index contributed by atoms with van der Waals surface area (Å²) in [6, 6.07) is 11.7. The number of aryl methyl sites for hydroxylation is 2. The highest BCUT2D eigenvalue weighted by molar-refractivity contribution is 7.92. The number of rotatable bonds is 10. The molecular weight excluding hydrogens is 474 g/mol. The molecule has 34 heavy (non-hydrogen) atoms. The lowest BCUT2D eigenvalue weighted by atomic mass is 10.1. The summed E-state index contributed by atoms with van der Waals surface area (Å²) in [5.41, 5.74) is 2.97. The van der Waals surface area contributed by atoms with Crippen LogP contribution in [0.3, 0.4) is 0 Å². The first-order valence-electron chi connectivity index (χ1n) is 11.2. The van der Waals surface area contributed by atoms with E-state index in [4.69, 9.17) is 11.6 Å². The molecule has 0 saturated carbocycles. The van der Waals surface area contributed by atoms with E-state index in [1.54, 1.807) is 12.1 Å². The molecule has 0 aliphatic heterocycles. The Hall–Kier alpha value is -2.58. The SMILES string of the molecule is CC[C@H](C(=O)NC(C)C)N(Cc1cccc(C)c1)C(=O)CN(c1ccc(C)c(Cl)c1)S(C)(=O)=O. The lowest BCUT2D eigenvalue weighted by Gasteiger charge is -2.33. The summed E-state index contributed by atoms with van der Waals surface area (Å²) < 4.78 is 26.3. The zero-order valence-electron chi connectivity index (χ0n) is 20.6. The maximum absolute atomic E-state index is 13.6. The number of halogens is 1. The summed E-state index contributed by atoms with van der Waals surface area (Å²) in [5, 5.41) is 3.27. The molecule has 1 N–H and O–H groups in total. The number of amides is 2. The summed E-state index contributed by atoms with van der Waals surface area (Å²) in [5.74, 6) is -0.753. The zero-order chi connectivity index (χ0) is 25.6. The molecule has 9 heteroatoms. The lowest BCUT2D eigenvalue weighted by molar-refractivity contribution is -0.140. The molecule has 0 saturated heterocycles. The van der Waals surface area contributed by atoms with Crippen molar-refractivity contribution in [2.45, 2.75) is 59.7 Å². The minimum Gasteiger partial charge on any atom is -0.352 e. The average molecular weight is 508 g/mol. The highest BCUT2D eigenvalue weighted by atomic mass is 35.5. The quantitative estimate of drug-likeness (QED) is 0.525. The number of carbonyl (C=O) groups excluding carboxylic acids is 2. The maximum Gasteiger partial charge on any atom is 0.244 e. The Balaban J connectivity index is 2.46. The summed E-state index contributed by atoms with van der Waals surface area (Å²) in [6.07, 6.45) is 1.42. The molecule has 0 radical (unpaired) electrons. The average Bonchev–Trinajstić information content (AvgIpc) is 2.72. The minimum atomic E-state index is -3.80. The van der Waals surface area contributed by atoms with Crippen molar-refractivity contribution in [3.8, 4) is 0 Å². The molecule has 2 aromatic rings. The predicted octanol–water partition coefficient (Wildman–Crippen LogP) is 4.05. The van der Waals surface area contributed by atoms with Gasteiger partial charge in [0.25, 0.3) is 0 Å². The molecule has 2 rings (SSSR count). The van der Waals surface area contributed by atoms with Crippen molar-refractivity contribution >= 4 is 39.1 Å². The topological polar surface area (TPSA) is 86.8 Å². The van der Waals surface area contributed by atoms with E-state index >= 15 is 0 Å². The van der Waals surface area contributed by atoms with Crippen LogP contribution in [0, 0.1) is 13.8 Å². The van der Waals surface area contributed by atoms with Crippen LogP contribution >= 0.6 is 11.6 Å². The molecule has 2 amide bonds. The minimum absolute atomic E-state index is 0.0975. The van der Waals surface area contributed by atoms with Gasteiger partial charge >= 0.3 is 0 Å². The van der Waals surface area contributed by atoms with E-state index in [-0.39, 0.29) is 18.5 Å². The van der Waals surface area contributed by atoms with E-state index in [2.05, 4.69) is 5.32 Å². The molecule has 0 aliphatic rings. The summed E-state index contributed by atoms with van der Waals surface area (Å²) in [6.45, 7) is 9.02.